The Bertz CT molecular complexity index is 513. The lowest BCUT2D eigenvalue weighted by atomic mass is 9.78. The van der Waals surface area contributed by atoms with Gasteiger partial charge in [0.15, 0.2) is 5.78 Å². The van der Waals surface area contributed by atoms with Gasteiger partial charge in [-0.15, -0.1) is 0 Å². The van der Waals surface area contributed by atoms with E-state index in [2.05, 4.69) is 0 Å². The first-order valence-corrected chi connectivity index (χ1v) is 7.05. The lowest BCUT2D eigenvalue weighted by Gasteiger charge is -2.41. The van der Waals surface area contributed by atoms with Crippen molar-refractivity contribution in [1.29, 1.82) is 0 Å². The van der Waals surface area contributed by atoms with Crippen LogP contribution in [0.4, 0.5) is 0 Å². The van der Waals surface area contributed by atoms with Gasteiger partial charge in [-0.05, 0) is 44.7 Å². The van der Waals surface area contributed by atoms with E-state index in [1.165, 1.54) is 6.42 Å². The summed E-state index contributed by atoms with van der Waals surface area (Å²) in [5.41, 5.74) is 1.41. The molecule has 1 heterocycles. The highest BCUT2D eigenvalue weighted by atomic mass is 16.5. The Morgan fingerprint density at radius 2 is 1.95 bits per heavy atom. The predicted octanol–water partition coefficient (Wildman–Crippen LogP) is 3.67. The van der Waals surface area contributed by atoms with Crippen LogP contribution >= 0.6 is 0 Å². The molecule has 3 heteroatoms. The molecule has 1 aromatic carbocycles. The Morgan fingerprint density at radius 1 is 1.21 bits per heavy atom. The fraction of sp³-hybridized carbons (Fsp3) is 0.562. The second-order valence-electron chi connectivity index (χ2n) is 5.72. The maximum Gasteiger partial charge on any atom is 0.170 e. The third-order valence-electron chi connectivity index (χ3n) is 4.44. The van der Waals surface area contributed by atoms with Crippen LogP contribution in [-0.2, 0) is 0 Å². The normalized spacial score (nSPS) is 20.8. The van der Waals surface area contributed by atoms with Gasteiger partial charge < -0.3 is 9.47 Å². The quantitative estimate of drug-likeness (QED) is 0.772. The van der Waals surface area contributed by atoms with Crippen molar-refractivity contribution in [2.75, 3.05) is 7.11 Å². The molecule has 3 nitrogen and oxygen atoms in total. The fourth-order valence-corrected chi connectivity index (χ4v) is 3.36. The molecule has 0 amide bonds. The molecule has 0 bridgehead atoms. The molecular weight excluding hydrogens is 240 g/mol. The summed E-state index contributed by atoms with van der Waals surface area (Å²) in [6, 6.07) is 3.69. The van der Waals surface area contributed by atoms with Crippen LogP contribution in [0.3, 0.4) is 0 Å². The van der Waals surface area contributed by atoms with Gasteiger partial charge in [-0.2, -0.15) is 0 Å². The molecule has 1 aliphatic heterocycles. The number of hydrogen-bond donors (Lipinski definition) is 0. The van der Waals surface area contributed by atoms with Crippen molar-refractivity contribution in [2.45, 2.75) is 51.0 Å². The number of ketones is 1. The van der Waals surface area contributed by atoms with Gasteiger partial charge >= 0.3 is 0 Å². The minimum atomic E-state index is -0.251. The van der Waals surface area contributed by atoms with Gasteiger partial charge in [-0.25, -0.2) is 0 Å². The number of carbonyl (C=O) groups is 1. The SMILES string of the molecule is COc1ccc2c(c1C)OC1(CCCCC1)CC2=O. The van der Waals surface area contributed by atoms with Crippen LogP contribution in [0.15, 0.2) is 12.1 Å². The largest absolute Gasteiger partial charge is 0.496 e. The topological polar surface area (TPSA) is 35.5 Å². The highest BCUT2D eigenvalue weighted by Crippen LogP contribution is 2.44. The molecule has 1 spiro atoms. The zero-order valence-corrected chi connectivity index (χ0v) is 11.6. The first-order valence-electron chi connectivity index (χ1n) is 7.05. The lowest BCUT2D eigenvalue weighted by molar-refractivity contribution is 0.0129. The molecule has 0 N–H and O–H groups in total. The summed E-state index contributed by atoms with van der Waals surface area (Å²) in [6.45, 7) is 1.97. The minimum absolute atomic E-state index is 0.217. The van der Waals surface area contributed by atoms with Crippen molar-refractivity contribution < 1.29 is 14.3 Å². The average Bonchev–Trinajstić information content (AvgIpc) is 2.41. The monoisotopic (exact) mass is 260 g/mol. The molecular formula is C16H20O3. The Morgan fingerprint density at radius 3 is 2.63 bits per heavy atom. The van der Waals surface area contributed by atoms with E-state index in [0.29, 0.717) is 6.42 Å². The average molecular weight is 260 g/mol. The zero-order valence-electron chi connectivity index (χ0n) is 11.6. The molecule has 0 saturated heterocycles. The summed E-state index contributed by atoms with van der Waals surface area (Å²) >= 11 is 0. The van der Waals surface area contributed by atoms with E-state index in [9.17, 15) is 4.79 Å². The summed E-state index contributed by atoms with van der Waals surface area (Å²) in [6.07, 6.45) is 6.09. The number of ether oxygens (including phenoxy) is 2. The molecule has 1 fully saturated rings. The highest BCUT2D eigenvalue weighted by Gasteiger charge is 2.42. The predicted molar refractivity (Wildman–Crippen MR) is 73.1 cm³/mol. The number of Topliss-reactive ketones (excluding diaryl/α,β-unsaturated/α-hetero) is 1. The zero-order chi connectivity index (χ0) is 13.5. The molecule has 0 atom stereocenters. The highest BCUT2D eigenvalue weighted by molar-refractivity contribution is 6.01. The second kappa shape index (κ2) is 4.55. The standard InChI is InChI=1S/C16H20O3/c1-11-14(18-2)7-6-12-13(17)10-16(19-15(11)12)8-4-3-5-9-16/h6-7H,3-5,8-10H2,1-2H3. The van der Waals surface area contributed by atoms with Gasteiger partial charge in [0.25, 0.3) is 0 Å². The summed E-state index contributed by atoms with van der Waals surface area (Å²) in [4.78, 5) is 12.4. The van der Waals surface area contributed by atoms with E-state index < -0.39 is 0 Å². The molecule has 2 aliphatic rings. The van der Waals surface area contributed by atoms with Gasteiger partial charge in [0.2, 0.25) is 0 Å². The molecule has 0 unspecified atom stereocenters. The Balaban J connectivity index is 2.04. The Hall–Kier alpha value is -1.51. The second-order valence-corrected chi connectivity index (χ2v) is 5.72. The molecule has 1 aromatic rings. The number of fused-ring (bicyclic) bond motifs is 1. The van der Waals surface area contributed by atoms with E-state index in [0.717, 1.165) is 48.3 Å². The maximum absolute atomic E-state index is 12.4. The van der Waals surface area contributed by atoms with Crippen LogP contribution in [0.2, 0.25) is 0 Å². The van der Waals surface area contributed by atoms with Crippen molar-refractivity contribution in [3.63, 3.8) is 0 Å². The number of methoxy groups -OCH3 is 1. The van der Waals surface area contributed by atoms with Crippen LogP contribution in [0.5, 0.6) is 11.5 Å². The van der Waals surface area contributed by atoms with Gasteiger partial charge in [0.1, 0.15) is 17.1 Å². The molecule has 0 aromatic heterocycles. The molecule has 1 aliphatic carbocycles. The van der Waals surface area contributed by atoms with Gasteiger partial charge in [-0.1, -0.05) is 6.42 Å². The first kappa shape index (κ1) is 12.5. The third kappa shape index (κ3) is 2.01. The van der Waals surface area contributed by atoms with Gasteiger partial charge in [0, 0.05) is 5.56 Å². The van der Waals surface area contributed by atoms with Crippen LogP contribution in [0.1, 0.15) is 54.4 Å². The molecule has 3 rings (SSSR count). The van der Waals surface area contributed by atoms with E-state index in [1.54, 1.807) is 7.11 Å². The molecule has 0 radical (unpaired) electrons. The lowest BCUT2D eigenvalue weighted by Crippen LogP contribution is -2.43. The third-order valence-corrected chi connectivity index (χ3v) is 4.44. The van der Waals surface area contributed by atoms with Crippen LogP contribution in [-0.4, -0.2) is 18.5 Å². The van der Waals surface area contributed by atoms with Crippen molar-refractivity contribution in [3.8, 4) is 11.5 Å². The smallest absolute Gasteiger partial charge is 0.170 e. The van der Waals surface area contributed by atoms with Crippen LogP contribution in [0.25, 0.3) is 0 Å². The van der Waals surface area contributed by atoms with E-state index >= 15 is 0 Å². The van der Waals surface area contributed by atoms with E-state index in [-0.39, 0.29) is 11.4 Å². The van der Waals surface area contributed by atoms with Gasteiger partial charge in [-0.3, -0.25) is 4.79 Å². The molecule has 1 saturated carbocycles. The van der Waals surface area contributed by atoms with E-state index in [4.69, 9.17) is 9.47 Å². The van der Waals surface area contributed by atoms with Crippen molar-refractivity contribution in [2.24, 2.45) is 0 Å². The number of rotatable bonds is 1. The number of hydrogen-bond acceptors (Lipinski definition) is 3. The van der Waals surface area contributed by atoms with Crippen molar-refractivity contribution >= 4 is 5.78 Å². The summed E-state index contributed by atoms with van der Waals surface area (Å²) in [5, 5.41) is 0. The molecule has 102 valence electrons. The molecule has 19 heavy (non-hydrogen) atoms. The maximum atomic E-state index is 12.4. The Kier molecular flexibility index (Phi) is 3.00. The van der Waals surface area contributed by atoms with E-state index in [1.807, 2.05) is 19.1 Å². The van der Waals surface area contributed by atoms with Crippen molar-refractivity contribution in [1.82, 2.24) is 0 Å². The number of benzene rings is 1. The van der Waals surface area contributed by atoms with Crippen LogP contribution < -0.4 is 9.47 Å². The van der Waals surface area contributed by atoms with Crippen molar-refractivity contribution in [3.05, 3.63) is 23.3 Å². The minimum Gasteiger partial charge on any atom is -0.496 e. The summed E-state index contributed by atoms with van der Waals surface area (Å²) in [5.74, 6) is 1.76. The summed E-state index contributed by atoms with van der Waals surface area (Å²) in [7, 11) is 1.65. The first-order chi connectivity index (χ1) is 9.15. The van der Waals surface area contributed by atoms with Gasteiger partial charge in [0.05, 0.1) is 19.1 Å². The Labute approximate surface area is 113 Å². The van der Waals surface area contributed by atoms with Crippen LogP contribution in [0, 0.1) is 6.92 Å². The summed E-state index contributed by atoms with van der Waals surface area (Å²) < 4.78 is 11.6. The fourth-order valence-electron chi connectivity index (χ4n) is 3.36. The number of carbonyl (C=O) groups excluding carboxylic acids is 1.